The van der Waals surface area contributed by atoms with Crippen molar-refractivity contribution in [3.63, 3.8) is 0 Å². The third kappa shape index (κ3) is 3.37. The molecule has 0 saturated heterocycles. The minimum Gasteiger partial charge on any atom is -0.393 e. The van der Waals surface area contributed by atoms with Crippen molar-refractivity contribution < 1.29 is 4.92 Å². The van der Waals surface area contributed by atoms with Gasteiger partial charge in [-0.25, -0.2) is 4.98 Å². The lowest BCUT2D eigenvalue weighted by atomic mass is 10.3. The zero-order chi connectivity index (χ0) is 12.0. The first kappa shape index (κ1) is 12.8. The van der Waals surface area contributed by atoms with E-state index in [1.54, 1.807) is 0 Å². The summed E-state index contributed by atoms with van der Waals surface area (Å²) in [5, 5.41) is 11.2. The van der Waals surface area contributed by atoms with Gasteiger partial charge in [0, 0.05) is 6.20 Å². The topological polar surface area (TPSA) is 82.0 Å². The molecule has 0 aliphatic carbocycles. The molecular weight excluding hydrogens is 226 g/mol. The number of hydrogen-bond donors (Lipinski definition) is 1. The number of unbranched alkanes of at least 4 members (excludes halogenated alkanes) is 2. The number of thioether (sulfide) groups is 1. The highest BCUT2D eigenvalue weighted by molar-refractivity contribution is 7.99. The molecule has 1 aromatic heterocycles. The lowest BCUT2D eigenvalue weighted by molar-refractivity contribution is -0.387. The molecular formula is C10H15N3O2S. The monoisotopic (exact) mass is 241 g/mol. The molecule has 0 unspecified atom stereocenters. The molecule has 1 aromatic rings. The van der Waals surface area contributed by atoms with Crippen molar-refractivity contribution in [3.8, 4) is 0 Å². The summed E-state index contributed by atoms with van der Waals surface area (Å²) < 4.78 is 0. The lowest BCUT2D eigenvalue weighted by Crippen LogP contribution is -1.99. The van der Waals surface area contributed by atoms with Gasteiger partial charge in [-0.2, -0.15) is 0 Å². The van der Waals surface area contributed by atoms with Gasteiger partial charge in [-0.3, -0.25) is 10.1 Å². The van der Waals surface area contributed by atoms with Gasteiger partial charge in [0.25, 0.3) is 0 Å². The third-order valence-corrected chi connectivity index (χ3v) is 3.16. The maximum atomic E-state index is 10.8. The Labute approximate surface area is 98.6 Å². The number of nitrogens with two attached hydrogens (primary N) is 1. The van der Waals surface area contributed by atoms with Crippen LogP contribution < -0.4 is 5.73 Å². The Morgan fingerprint density at radius 1 is 1.56 bits per heavy atom. The Morgan fingerprint density at radius 2 is 2.31 bits per heavy atom. The first-order valence-electron chi connectivity index (χ1n) is 5.18. The van der Waals surface area contributed by atoms with Crippen molar-refractivity contribution in [2.45, 2.75) is 31.2 Å². The Morgan fingerprint density at radius 3 is 2.94 bits per heavy atom. The zero-order valence-corrected chi connectivity index (χ0v) is 10.00. The highest BCUT2D eigenvalue weighted by Gasteiger charge is 2.19. The fraction of sp³-hybridized carbons (Fsp3) is 0.500. The predicted octanol–water partition coefficient (Wildman–Crippen LogP) is 2.85. The molecule has 0 amide bonds. The molecule has 2 N–H and O–H groups in total. The van der Waals surface area contributed by atoms with Gasteiger partial charge in [-0.05, 0) is 18.2 Å². The van der Waals surface area contributed by atoms with Crippen LogP contribution in [0.15, 0.2) is 17.3 Å². The average Bonchev–Trinajstić information content (AvgIpc) is 2.24. The van der Waals surface area contributed by atoms with E-state index in [9.17, 15) is 10.1 Å². The molecule has 1 rings (SSSR count). The first-order chi connectivity index (χ1) is 7.66. The number of nitrogen functional groups attached to an aromatic ring is 1. The fourth-order valence-electron chi connectivity index (χ4n) is 1.26. The van der Waals surface area contributed by atoms with Crippen molar-refractivity contribution in [3.05, 3.63) is 22.4 Å². The van der Waals surface area contributed by atoms with E-state index in [0.717, 1.165) is 25.0 Å². The third-order valence-electron chi connectivity index (χ3n) is 2.09. The quantitative estimate of drug-likeness (QED) is 0.358. The largest absolute Gasteiger partial charge is 0.393 e. The molecule has 0 aliphatic rings. The molecule has 0 saturated carbocycles. The molecule has 6 heteroatoms. The summed E-state index contributed by atoms with van der Waals surface area (Å²) in [7, 11) is 0. The predicted molar refractivity (Wildman–Crippen MR) is 65.6 cm³/mol. The lowest BCUT2D eigenvalue weighted by Gasteiger charge is -2.03. The van der Waals surface area contributed by atoms with Crippen LogP contribution in [0.5, 0.6) is 0 Å². The second-order valence-corrected chi connectivity index (χ2v) is 4.45. The smallest absolute Gasteiger partial charge is 0.324 e. The molecule has 0 radical (unpaired) electrons. The molecule has 0 bridgehead atoms. The van der Waals surface area contributed by atoms with Crippen LogP contribution in [0.2, 0.25) is 0 Å². The van der Waals surface area contributed by atoms with Crippen molar-refractivity contribution >= 4 is 23.1 Å². The highest BCUT2D eigenvalue weighted by atomic mass is 32.2. The van der Waals surface area contributed by atoms with E-state index in [1.165, 1.54) is 24.0 Å². The van der Waals surface area contributed by atoms with Crippen molar-refractivity contribution in [1.29, 1.82) is 0 Å². The summed E-state index contributed by atoms with van der Waals surface area (Å²) >= 11 is 1.40. The van der Waals surface area contributed by atoms with Crippen LogP contribution in [0.1, 0.15) is 26.2 Å². The second-order valence-electron chi connectivity index (χ2n) is 3.37. The Bertz CT molecular complexity index is 371. The van der Waals surface area contributed by atoms with E-state index in [-0.39, 0.29) is 11.4 Å². The zero-order valence-electron chi connectivity index (χ0n) is 9.18. The maximum absolute atomic E-state index is 10.8. The van der Waals surface area contributed by atoms with E-state index < -0.39 is 4.92 Å². The molecule has 1 heterocycles. The number of aromatic nitrogens is 1. The minimum absolute atomic E-state index is 0.0657. The van der Waals surface area contributed by atoms with Gasteiger partial charge in [-0.15, -0.1) is 0 Å². The highest BCUT2D eigenvalue weighted by Crippen LogP contribution is 2.32. The Kier molecular flexibility index (Phi) is 5.04. The summed E-state index contributed by atoms with van der Waals surface area (Å²) in [5.41, 5.74) is 5.67. The van der Waals surface area contributed by atoms with Crippen LogP contribution in [0.3, 0.4) is 0 Å². The van der Waals surface area contributed by atoms with Crippen LogP contribution in [-0.4, -0.2) is 15.7 Å². The number of pyridine rings is 1. The molecule has 5 nitrogen and oxygen atoms in total. The van der Waals surface area contributed by atoms with Crippen LogP contribution in [0.4, 0.5) is 11.4 Å². The van der Waals surface area contributed by atoms with E-state index in [4.69, 9.17) is 5.73 Å². The molecule has 88 valence electrons. The standard InChI is InChI=1S/C10H15N3O2S/c1-2-3-4-7-16-10-9(13(14)15)8(11)5-6-12-10/h5-6H,2-4,7H2,1H3,(H2,11,12). The van der Waals surface area contributed by atoms with E-state index in [0.29, 0.717) is 5.03 Å². The molecule has 0 fully saturated rings. The Balaban J connectivity index is 2.71. The number of nitro groups is 1. The van der Waals surface area contributed by atoms with Crippen LogP contribution in [0.25, 0.3) is 0 Å². The maximum Gasteiger partial charge on any atom is 0.324 e. The average molecular weight is 241 g/mol. The van der Waals surface area contributed by atoms with Crippen molar-refractivity contribution in [2.75, 3.05) is 11.5 Å². The molecule has 0 atom stereocenters. The van der Waals surface area contributed by atoms with Gasteiger partial charge in [0.05, 0.1) is 4.92 Å². The van der Waals surface area contributed by atoms with Crippen LogP contribution in [-0.2, 0) is 0 Å². The van der Waals surface area contributed by atoms with Gasteiger partial charge in [0.1, 0.15) is 5.69 Å². The van der Waals surface area contributed by atoms with Crippen molar-refractivity contribution in [2.24, 2.45) is 0 Å². The fourth-order valence-corrected chi connectivity index (χ4v) is 2.27. The summed E-state index contributed by atoms with van der Waals surface area (Å²) in [6.45, 7) is 2.12. The molecule has 16 heavy (non-hydrogen) atoms. The minimum atomic E-state index is -0.468. The first-order valence-corrected chi connectivity index (χ1v) is 6.17. The molecule has 0 aromatic carbocycles. The normalized spacial score (nSPS) is 10.3. The van der Waals surface area contributed by atoms with Gasteiger partial charge >= 0.3 is 5.69 Å². The number of nitrogens with zero attached hydrogens (tertiary/aromatic N) is 2. The number of anilines is 1. The van der Waals surface area contributed by atoms with Gasteiger partial charge in [-0.1, -0.05) is 31.5 Å². The second kappa shape index (κ2) is 6.32. The number of rotatable bonds is 6. The van der Waals surface area contributed by atoms with Crippen LogP contribution >= 0.6 is 11.8 Å². The van der Waals surface area contributed by atoms with E-state index >= 15 is 0 Å². The van der Waals surface area contributed by atoms with Crippen LogP contribution in [0, 0.1) is 10.1 Å². The SMILES string of the molecule is CCCCCSc1nccc(N)c1[N+](=O)[O-]. The Hall–Kier alpha value is -1.30. The van der Waals surface area contributed by atoms with Crippen molar-refractivity contribution in [1.82, 2.24) is 4.98 Å². The summed E-state index contributed by atoms with van der Waals surface area (Å²) in [6.07, 6.45) is 4.80. The van der Waals surface area contributed by atoms with E-state index in [2.05, 4.69) is 11.9 Å². The molecule has 0 aliphatic heterocycles. The summed E-state index contributed by atoms with van der Waals surface area (Å²) in [4.78, 5) is 14.3. The van der Waals surface area contributed by atoms with Gasteiger partial charge in [0.15, 0.2) is 5.03 Å². The summed E-state index contributed by atoms with van der Waals surface area (Å²) in [5.74, 6) is 0.838. The molecule has 0 spiro atoms. The van der Waals surface area contributed by atoms with Gasteiger partial charge < -0.3 is 5.73 Å². The summed E-state index contributed by atoms with van der Waals surface area (Å²) in [6, 6.07) is 1.45. The van der Waals surface area contributed by atoms with Gasteiger partial charge in [0.2, 0.25) is 0 Å². The van der Waals surface area contributed by atoms with E-state index in [1.807, 2.05) is 0 Å². The number of hydrogen-bond acceptors (Lipinski definition) is 5.